The highest BCUT2D eigenvalue weighted by atomic mass is 16.1. The van der Waals surface area contributed by atoms with Crippen LogP contribution in [-0.4, -0.2) is 43.8 Å². The number of hydrogen-bond donors (Lipinski definition) is 0. The molecule has 4 nitrogen and oxygen atoms in total. The Morgan fingerprint density at radius 1 is 1.19 bits per heavy atom. The first-order valence-electron chi connectivity index (χ1n) is 7.64. The number of carbonyl (C=O) groups is 2. The van der Waals surface area contributed by atoms with Gasteiger partial charge in [0.1, 0.15) is 5.78 Å². The average molecular weight is 290 g/mol. The van der Waals surface area contributed by atoms with Crippen molar-refractivity contribution >= 4 is 17.9 Å². The maximum Gasteiger partial charge on any atom is 0.214 e. The van der Waals surface area contributed by atoms with Gasteiger partial charge in [-0.2, -0.15) is 0 Å². The van der Waals surface area contributed by atoms with E-state index in [1.807, 2.05) is 37.4 Å². The maximum absolute atomic E-state index is 10.7. The minimum atomic E-state index is 0.420. The summed E-state index contributed by atoms with van der Waals surface area (Å²) in [6.45, 7) is 4.84. The largest absolute Gasteiger partial charge is 0.315 e. The first-order chi connectivity index (χ1) is 10.2. The number of rotatable bonds is 5. The molecule has 0 saturated carbocycles. The summed E-state index contributed by atoms with van der Waals surface area (Å²) in [5, 5.41) is 0. The lowest BCUT2D eigenvalue weighted by molar-refractivity contribution is -0.121. The van der Waals surface area contributed by atoms with Gasteiger partial charge in [0.05, 0.1) is 0 Å². The van der Waals surface area contributed by atoms with Crippen molar-refractivity contribution in [3.8, 4) is 0 Å². The molecule has 0 unspecified atom stereocenters. The third kappa shape index (κ3) is 7.04. The Kier molecular flexibility index (Phi) is 8.36. The summed E-state index contributed by atoms with van der Waals surface area (Å²) in [5.41, 5.74) is 0.978. The summed E-state index contributed by atoms with van der Waals surface area (Å²) in [4.78, 5) is 25.2. The first-order valence-corrected chi connectivity index (χ1v) is 7.64. The monoisotopic (exact) mass is 290 g/mol. The standard InChI is InChI=1S/C11H15NO.C6H11NO/c1-2-3-9-12(10-13)11-7-5-4-6-8-11;1-7-4-2-6(8)3-5-7/h4-8,10H,2-3,9H2,1H3;2-5H2,1H3. The van der Waals surface area contributed by atoms with Gasteiger partial charge < -0.3 is 9.80 Å². The van der Waals surface area contributed by atoms with Gasteiger partial charge in [-0.05, 0) is 25.6 Å². The molecule has 1 fully saturated rings. The molecular formula is C17H26N2O2. The van der Waals surface area contributed by atoms with Crippen LogP contribution in [0.3, 0.4) is 0 Å². The second kappa shape index (κ2) is 10.1. The van der Waals surface area contributed by atoms with E-state index in [2.05, 4.69) is 11.8 Å². The van der Waals surface area contributed by atoms with Crippen LogP contribution >= 0.6 is 0 Å². The molecule has 1 saturated heterocycles. The SMILES string of the molecule is CCCCN(C=O)c1ccccc1.CN1CCC(=O)CC1. The fraction of sp³-hybridized carbons (Fsp3) is 0.529. The van der Waals surface area contributed by atoms with Crippen molar-refractivity contribution in [3.05, 3.63) is 30.3 Å². The van der Waals surface area contributed by atoms with Gasteiger partial charge >= 0.3 is 0 Å². The summed E-state index contributed by atoms with van der Waals surface area (Å²) >= 11 is 0. The van der Waals surface area contributed by atoms with Gasteiger partial charge in [0.15, 0.2) is 0 Å². The predicted molar refractivity (Wildman–Crippen MR) is 86.5 cm³/mol. The predicted octanol–water partition coefficient (Wildman–Crippen LogP) is 2.73. The quantitative estimate of drug-likeness (QED) is 0.783. The summed E-state index contributed by atoms with van der Waals surface area (Å²) in [6, 6.07) is 9.73. The van der Waals surface area contributed by atoms with Crippen LogP contribution in [0.2, 0.25) is 0 Å². The van der Waals surface area contributed by atoms with Gasteiger partial charge in [0, 0.05) is 38.2 Å². The summed E-state index contributed by atoms with van der Waals surface area (Å²) in [5.74, 6) is 0.420. The van der Waals surface area contributed by atoms with E-state index in [4.69, 9.17) is 0 Å². The van der Waals surface area contributed by atoms with E-state index in [0.29, 0.717) is 5.78 Å². The van der Waals surface area contributed by atoms with E-state index in [1.54, 1.807) is 4.90 Å². The number of nitrogens with zero attached hydrogens (tertiary/aromatic N) is 2. The van der Waals surface area contributed by atoms with E-state index >= 15 is 0 Å². The Balaban J connectivity index is 0.000000235. The van der Waals surface area contributed by atoms with E-state index < -0.39 is 0 Å². The normalized spacial score (nSPS) is 15.0. The van der Waals surface area contributed by atoms with E-state index in [-0.39, 0.29) is 0 Å². The first kappa shape index (κ1) is 17.4. The third-order valence-corrected chi connectivity index (χ3v) is 3.51. The molecule has 0 radical (unpaired) electrons. The topological polar surface area (TPSA) is 40.6 Å². The van der Waals surface area contributed by atoms with Crippen LogP contribution in [0.1, 0.15) is 32.6 Å². The lowest BCUT2D eigenvalue weighted by Gasteiger charge is -2.19. The number of ketones is 1. The van der Waals surface area contributed by atoms with Crippen molar-refractivity contribution < 1.29 is 9.59 Å². The molecule has 1 aliphatic heterocycles. The van der Waals surface area contributed by atoms with Crippen molar-refractivity contribution in [1.82, 2.24) is 4.90 Å². The van der Waals surface area contributed by atoms with Crippen LogP contribution in [0.4, 0.5) is 5.69 Å². The molecule has 2 rings (SSSR count). The van der Waals surface area contributed by atoms with Crippen LogP contribution in [-0.2, 0) is 9.59 Å². The number of hydrogen-bond acceptors (Lipinski definition) is 3. The second-order valence-corrected chi connectivity index (χ2v) is 5.33. The summed E-state index contributed by atoms with van der Waals surface area (Å²) in [7, 11) is 2.05. The van der Waals surface area contributed by atoms with Crippen molar-refractivity contribution in [2.24, 2.45) is 0 Å². The zero-order valence-electron chi connectivity index (χ0n) is 13.1. The van der Waals surface area contributed by atoms with Gasteiger partial charge in [0.2, 0.25) is 6.41 Å². The molecule has 21 heavy (non-hydrogen) atoms. The number of anilines is 1. The van der Waals surface area contributed by atoms with Crippen molar-refractivity contribution in [2.75, 3.05) is 31.6 Å². The number of amides is 1. The Bertz CT molecular complexity index is 410. The second-order valence-electron chi connectivity index (χ2n) is 5.33. The number of Topliss-reactive ketones (excluding diaryl/α,β-unsaturated/α-hetero) is 1. The molecule has 1 aromatic rings. The van der Waals surface area contributed by atoms with Gasteiger partial charge in [0.25, 0.3) is 0 Å². The molecule has 116 valence electrons. The van der Waals surface area contributed by atoms with Crippen LogP contribution in [0, 0.1) is 0 Å². The highest BCUT2D eigenvalue weighted by Gasteiger charge is 2.11. The number of para-hydroxylation sites is 1. The lowest BCUT2D eigenvalue weighted by Crippen LogP contribution is -2.29. The summed E-state index contributed by atoms with van der Waals surface area (Å²) < 4.78 is 0. The Morgan fingerprint density at radius 3 is 2.29 bits per heavy atom. The lowest BCUT2D eigenvalue weighted by atomic mass is 10.1. The molecule has 4 heteroatoms. The molecule has 1 heterocycles. The van der Waals surface area contributed by atoms with Gasteiger partial charge in [-0.15, -0.1) is 0 Å². The maximum atomic E-state index is 10.7. The number of unbranched alkanes of at least 4 members (excludes halogenated alkanes) is 1. The van der Waals surface area contributed by atoms with Crippen LogP contribution in [0.5, 0.6) is 0 Å². The molecule has 0 atom stereocenters. The van der Waals surface area contributed by atoms with Gasteiger partial charge in [-0.25, -0.2) is 0 Å². The minimum absolute atomic E-state index is 0.420. The summed E-state index contributed by atoms with van der Waals surface area (Å²) in [6.07, 6.45) is 4.57. The average Bonchev–Trinajstić information content (AvgIpc) is 2.53. The van der Waals surface area contributed by atoms with Crippen molar-refractivity contribution in [1.29, 1.82) is 0 Å². The minimum Gasteiger partial charge on any atom is -0.315 e. The fourth-order valence-electron chi connectivity index (χ4n) is 2.06. The number of benzene rings is 1. The van der Waals surface area contributed by atoms with Crippen LogP contribution < -0.4 is 4.90 Å². The van der Waals surface area contributed by atoms with Crippen molar-refractivity contribution in [3.63, 3.8) is 0 Å². The number of piperidine rings is 1. The van der Waals surface area contributed by atoms with Gasteiger partial charge in [-0.1, -0.05) is 31.5 Å². The van der Waals surface area contributed by atoms with Crippen LogP contribution in [0.15, 0.2) is 30.3 Å². The Morgan fingerprint density at radius 2 is 1.81 bits per heavy atom. The zero-order chi connectivity index (χ0) is 15.5. The van der Waals surface area contributed by atoms with E-state index in [9.17, 15) is 9.59 Å². The molecule has 0 aromatic heterocycles. The highest BCUT2D eigenvalue weighted by molar-refractivity contribution is 5.79. The molecule has 0 bridgehead atoms. The fourth-order valence-corrected chi connectivity index (χ4v) is 2.06. The Hall–Kier alpha value is -1.68. The van der Waals surface area contributed by atoms with Gasteiger partial charge in [-0.3, -0.25) is 9.59 Å². The number of carbonyl (C=O) groups excluding carboxylic acids is 2. The molecular weight excluding hydrogens is 264 g/mol. The smallest absolute Gasteiger partial charge is 0.214 e. The Labute approximate surface area is 127 Å². The number of likely N-dealkylation sites (tertiary alicyclic amines) is 1. The molecule has 1 amide bonds. The highest BCUT2D eigenvalue weighted by Crippen LogP contribution is 2.11. The molecule has 0 spiro atoms. The molecule has 0 aliphatic carbocycles. The van der Waals surface area contributed by atoms with E-state index in [1.165, 1.54) is 0 Å². The van der Waals surface area contributed by atoms with E-state index in [0.717, 1.165) is 57.4 Å². The molecule has 1 aromatic carbocycles. The molecule has 0 N–H and O–H groups in total. The third-order valence-electron chi connectivity index (χ3n) is 3.51. The van der Waals surface area contributed by atoms with Crippen LogP contribution in [0.25, 0.3) is 0 Å². The molecule has 1 aliphatic rings. The van der Waals surface area contributed by atoms with Crippen molar-refractivity contribution in [2.45, 2.75) is 32.6 Å². The zero-order valence-corrected chi connectivity index (χ0v) is 13.1.